The van der Waals surface area contributed by atoms with Crippen LogP contribution in [0.15, 0.2) is 24.3 Å². The Labute approximate surface area is 121 Å². The molecule has 2 aliphatic rings. The molecule has 3 heteroatoms. The number of hydrogen-bond donors (Lipinski definition) is 2. The lowest BCUT2D eigenvalue weighted by atomic mass is 9.96. The van der Waals surface area contributed by atoms with Gasteiger partial charge in [-0.3, -0.25) is 0 Å². The minimum atomic E-state index is 0.622. The summed E-state index contributed by atoms with van der Waals surface area (Å²) in [6.07, 6.45) is 5.56. The monoisotopic (exact) mass is 274 g/mol. The normalized spacial score (nSPS) is 28.4. The van der Waals surface area contributed by atoms with Gasteiger partial charge in [0.2, 0.25) is 0 Å². The van der Waals surface area contributed by atoms with E-state index in [4.69, 9.17) is 12.2 Å². The second-order valence-electron chi connectivity index (χ2n) is 6.09. The summed E-state index contributed by atoms with van der Waals surface area (Å²) < 4.78 is 0. The SMILES string of the molecule is Cc1ccc(CNC(=S)N[C@@H]2C[C@@H]3CC[C@@H]2C3)cc1. The van der Waals surface area contributed by atoms with Crippen LogP contribution in [0.1, 0.15) is 36.8 Å². The number of aryl methyl sites for hydroxylation is 1. The summed E-state index contributed by atoms with van der Waals surface area (Å²) in [5.74, 6) is 1.83. The van der Waals surface area contributed by atoms with Crippen LogP contribution in [0.5, 0.6) is 0 Å². The third-order valence-corrected chi connectivity index (χ3v) is 4.89. The Morgan fingerprint density at radius 1 is 1.21 bits per heavy atom. The average Bonchev–Trinajstić information content (AvgIpc) is 3.00. The molecule has 3 atom stereocenters. The first-order valence-corrected chi connectivity index (χ1v) is 7.71. The highest BCUT2D eigenvalue weighted by Crippen LogP contribution is 2.44. The van der Waals surface area contributed by atoms with Gasteiger partial charge >= 0.3 is 0 Å². The van der Waals surface area contributed by atoms with Gasteiger partial charge in [0.15, 0.2) is 5.11 Å². The number of rotatable bonds is 3. The first-order valence-electron chi connectivity index (χ1n) is 7.30. The molecule has 0 spiro atoms. The van der Waals surface area contributed by atoms with Gasteiger partial charge in [0.1, 0.15) is 0 Å². The van der Waals surface area contributed by atoms with E-state index < -0.39 is 0 Å². The van der Waals surface area contributed by atoms with Gasteiger partial charge in [-0.25, -0.2) is 0 Å². The van der Waals surface area contributed by atoms with E-state index in [2.05, 4.69) is 41.8 Å². The van der Waals surface area contributed by atoms with Gasteiger partial charge in [0.25, 0.3) is 0 Å². The van der Waals surface area contributed by atoms with Crippen LogP contribution < -0.4 is 10.6 Å². The molecule has 2 bridgehead atoms. The Bertz CT molecular complexity index is 454. The standard InChI is InChI=1S/C16H22N2S/c1-11-2-4-12(5-3-11)10-17-16(19)18-15-9-13-6-7-14(15)8-13/h2-5,13-15H,6-10H2,1H3,(H2,17,18,19)/t13-,14-,15-/m1/s1. The molecular formula is C16H22N2S. The quantitative estimate of drug-likeness (QED) is 0.828. The van der Waals surface area contributed by atoms with E-state index in [1.807, 2.05) is 0 Å². The van der Waals surface area contributed by atoms with Crippen LogP contribution in [-0.4, -0.2) is 11.2 Å². The fourth-order valence-electron chi connectivity index (χ4n) is 3.53. The highest BCUT2D eigenvalue weighted by atomic mass is 32.1. The predicted octanol–water partition coefficient (Wildman–Crippen LogP) is 3.15. The molecule has 2 aliphatic carbocycles. The fourth-order valence-corrected chi connectivity index (χ4v) is 3.75. The fraction of sp³-hybridized carbons (Fsp3) is 0.562. The Balaban J connectivity index is 1.45. The van der Waals surface area contributed by atoms with Crippen molar-refractivity contribution in [2.24, 2.45) is 11.8 Å². The summed E-state index contributed by atoms with van der Waals surface area (Å²) in [6.45, 7) is 2.92. The van der Waals surface area contributed by atoms with Gasteiger partial charge in [0.05, 0.1) is 0 Å². The van der Waals surface area contributed by atoms with Crippen molar-refractivity contribution < 1.29 is 0 Å². The van der Waals surface area contributed by atoms with Gasteiger partial charge in [-0.05, 0) is 55.8 Å². The van der Waals surface area contributed by atoms with Crippen molar-refractivity contribution in [3.8, 4) is 0 Å². The van der Waals surface area contributed by atoms with E-state index in [9.17, 15) is 0 Å². The van der Waals surface area contributed by atoms with Crippen molar-refractivity contribution in [3.63, 3.8) is 0 Å². The summed E-state index contributed by atoms with van der Waals surface area (Å²) in [5, 5.41) is 7.66. The Morgan fingerprint density at radius 2 is 2.00 bits per heavy atom. The molecule has 19 heavy (non-hydrogen) atoms. The zero-order valence-corrected chi connectivity index (χ0v) is 12.3. The average molecular weight is 274 g/mol. The molecule has 0 heterocycles. The summed E-state index contributed by atoms with van der Waals surface area (Å²) in [7, 11) is 0. The third-order valence-electron chi connectivity index (χ3n) is 4.63. The zero-order chi connectivity index (χ0) is 13.2. The first kappa shape index (κ1) is 12.9. The molecule has 0 radical (unpaired) electrons. The summed E-state index contributed by atoms with van der Waals surface area (Å²) in [5.41, 5.74) is 2.58. The molecular weight excluding hydrogens is 252 g/mol. The second-order valence-corrected chi connectivity index (χ2v) is 6.50. The van der Waals surface area contributed by atoms with Crippen LogP contribution in [-0.2, 0) is 6.54 Å². The maximum absolute atomic E-state index is 5.41. The molecule has 0 amide bonds. The summed E-state index contributed by atoms with van der Waals surface area (Å²) in [6, 6.07) is 9.22. The maximum atomic E-state index is 5.41. The van der Waals surface area contributed by atoms with E-state index in [0.717, 1.165) is 23.5 Å². The van der Waals surface area contributed by atoms with Crippen molar-refractivity contribution >= 4 is 17.3 Å². The zero-order valence-electron chi connectivity index (χ0n) is 11.5. The van der Waals surface area contributed by atoms with Crippen LogP contribution in [0.2, 0.25) is 0 Å². The van der Waals surface area contributed by atoms with Gasteiger partial charge in [0, 0.05) is 12.6 Å². The Kier molecular flexibility index (Phi) is 3.74. The Hall–Kier alpha value is -1.09. The number of benzene rings is 1. The molecule has 2 fully saturated rings. The largest absolute Gasteiger partial charge is 0.360 e. The highest BCUT2D eigenvalue weighted by molar-refractivity contribution is 7.80. The van der Waals surface area contributed by atoms with Crippen LogP contribution in [0.25, 0.3) is 0 Å². The van der Waals surface area contributed by atoms with Crippen LogP contribution in [0.4, 0.5) is 0 Å². The Morgan fingerprint density at radius 3 is 2.63 bits per heavy atom. The number of thiocarbonyl (C=S) groups is 1. The maximum Gasteiger partial charge on any atom is 0.166 e. The van der Waals surface area contributed by atoms with Gasteiger partial charge in [-0.15, -0.1) is 0 Å². The summed E-state index contributed by atoms with van der Waals surface area (Å²) in [4.78, 5) is 0. The molecule has 0 aromatic heterocycles. The lowest BCUT2D eigenvalue weighted by molar-refractivity contribution is 0.389. The van der Waals surface area contributed by atoms with E-state index >= 15 is 0 Å². The predicted molar refractivity (Wildman–Crippen MR) is 83.0 cm³/mol. The van der Waals surface area contributed by atoms with Crippen LogP contribution in [0, 0.1) is 18.8 Å². The van der Waals surface area contributed by atoms with Crippen molar-refractivity contribution in [2.75, 3.05) is 0 Å². The molecule has 0 unspecified atom stereocenters. The van der Waals surface area contributed by atoms with E-state index in [1.54, 1.807) is 0 Å². The minimum absolute atomic E-state index is 0.622. The topological polar surface area (TPSA) is 24.1 Å². The molecule has 1 aromatic rings. The highest BCUT2D eigenvalue weighted by Gasteiger charge is 2.39. The van der Waals surface area contributed by atoms with Gasteiger partial charge in [-0.2, -0.15) is 0 Å². The smallest absolute Gasteiger partial charge is 0.166 e. The van der Waals surface area contributed by atoms with Crippen LogP contribution in [0.3, 0.4) is 0 Å². The van der Waals surface area contributed by atoms with Crippen molar-refractivity contribution in [2.45, 2.75) is 45.2 Å². The molecule has 0 saturated heterocycles. The molecule has 2 nitrogen and oxygen atoms in total. The van der Waals surface area contributed by atoms with Crippen molar-refractivity contribution in [1.29, 1.82) is 0 Å². The molecule has 2 saturated carbocycles. The molecule has 2 N–H and O–H groups in total. The lowest BCUT2D eigenvalue weighted by Gasteiger charge is -2.24. The number of hydrogen-bond acceptors (Lipinski definition) is 1. The lowest BCUT2D eigenvalue weighted by Crippen LogP contribution is -2.43. The molecule has 102 valence electrons. The van der Waals surface area contributed by atoms with Crippen molar-refractivity contribution in [3.05, 3.63) is 35.4 Å². The summed E-state index contributed by atoms with van der Waals surface area (Å²) >= 11 is 5.41. The molecule has 3 rings (SSSR count). The van der Waals surface area contributed by atoms with Gasteiger partial charge < -0.3 is 10.6 Å². The first-order chi connectivity index (χ1) is 9.20. The van der Waals surface area contributed by atoms with E-state index in [1.165, 1.54) is 36.8 Å². The second kappa shape index (κ2) is 5.49. The van der Waals surface area contributed by atoms with E-state index in [0.29, 0.717) is 6.04 Å². The van der Waals surface area contributed by atoms with Crippen LogP contribution >= 0.6 is 12.2 Å². The van der Waals surface area contributed by atoms with Gasteiger partial charge in [-0.1, -0.05) is 36.2 Å². The van der Waals surface area contributed by atoms with Crippen molar-refractivity contribution in [1.82, 2.24) is 10.6 Å². The minimum Gasteiger partial charge on any atom is -0.360 e. The molecule has 0 aliphatic heterocycles. The number of nitrogens with one attached hydrogen (secondary N) is 2. The third kappa shape index (κ3) is 3.08. The van der Waals surface area contributed by atoms with E-state index in [-0.39, 0.29) is 0 Å². The molecule has 1 aromatic carbocycles. The number of fused-ring (bicyclic) bond motifs is 2.